The van der Waals surface area contributed by atoms with Crippen molar-refractivity contribution in [3.63, 3.8) is 0 Å². The quantitative estimate of drug-likeness (QED) is 0.0407. The van der Waals surface area contributed by atoms with Gasteiger partial charge in [0.2, 0.25) is 23.6 Å². The Hall–Kier alpha value is -4.15. The standard InChI is InChI=1S/C35H60N6O19/c1-5-11-56-35-24(39-16(4)44)28(27(21(13-43)59-35)60-34-23(37)26(47)25(46)20(12-42)58-34)57-15(3)30(49)38-14(2)29(48)41-19(33(54)55)9-10-22(45)40-18(32(52)53)8-6-7-17(36)31(50)51/h14-15,17-21,23-28,34-35,42-43,46-47H,5-13,36-37H2,1-4H3,(H,38,49)(H,39,44)(H,40,45)(H,41,48)(H,50,51)(H,52,53)(H,54,55)/t14-,15+,17+,18-,19+,20+,21+,23+,24+,25+,26+,27+,28+,34-,35-/m0/s1. The van der Waals surface area contributed by atoms with Crippen LogP contribution >= 0.6 is 0 Å². The fourth-order valence-corrected chi connectivity index (χ4v) is 6.23. The summed E-state index contributed by atoms with van der Waals surface area (Å²) in [4.78, 5) is 86.0. The number of hydrogen-bond acceptors (Lipinski definition) is 18. The second-order valence-corrected chi connectivity index (χ2v) is 14.5. The van der Waals surface area contributed by atoms with Crippen molar-refractivity contribution in [3.05, 3.63) is 0 Å². The zero-order chi connectivity index (χ0) is 45.4. The largest absolute Gasteiger partial charge is 0.480 e. The normalized spacial score (nSPS) is 29.2. The highest BCUT2D eigenvalue weighted by atomic mass is 16.7. The molecule has 0 aromatic carbocycles. The summed E-state index contributed by atoms with van der Waals surface area (Å²) in [5.41, 5.74) is 11.5. The third-order valence-electron chi connectivity index (χ3n) is 9.62. The van der Waals surface area contributed by atoms with Crippen LogP contribution in [0.4, 0.5) is 0 Å². The summed E-state index contributed by atoms with van der Waals surface area (Å²) in [6.45, 7) is 4.09. The van der Waals surface area contributed by atoms with E-state index in [0.29, 0.717) is 6.42 Å². The average Bonchev–Trinajstić information content (AvgIpc) is 3.18. The van der Waals surface area contributed by atoms with E-state index in [4.69, 9.17) is 40.3 Å². The van der Waals surface area contributed by atoms with Gasteiger partial charge in [0, 0.05) is 20.0 Å². The number of hydrogen-bond donors (Lipinski definition) is 13. The van der Waals surface area contributed by atoms with Crippen LogP contribution in [-0.4, -0.2) is 189 Å². The van der Waals surface area contributed by atoms with Gasteiger partial charge in [-0.2, -0.15) is 0 Å². The van der Waals surface area contributed by atoms with Gasteiger partial charge in [0.25, 0.3) is 0 Å². The van der Waals surface area contributed by atoms with E-state index >= 15 is 0 Å². The van der Waals surface area contributed by atoms with Crippen LogP contribution < -0.4 is 32.7 Å². The summed E-state index contributed by atoms with van der Waals surface area (Å²) >= 11 is 0. The summed E-state index contributed by atoms with van der Waals surface area (Å²) in [5, 5.41) is 78.4. The fourth-order valence-electron chi connectivity index (χ4n) is 6.23. The number of nitrogens with one attached hydrogen (secondary N) is 4. The molecule has 0 radical (unpaired) electrons. The number of aliphatic hydroxyl groups excluding tert-OH is 4. The summed E-state index contributed by atoms with van der Waals surface area (Å²) in [5.74, 6) is -7.64. The number of aliphatic hydroxyl groups is 4. The maximum Gasteiger partial charge on any atom is 0.326 e. The second kappa shape index (κ2) is 24.9. The molecule has 0 unspecified atom stereocenters. The lowest BCUT2D eigenvalue weighted by atomic mass is 9.94. The van der Waals surface area contributed by atoms with Crippen molar-refractivity contribution in [2.75, 3.05) is 19.8 Å². The van der Waals surface area contributed by atoms with Gasteiger partial charge >= 0.3 is 17.9 Å². The lowest BCUT2D eigenvalue weighted by Crippen LogP contribution is -2.69. The lowest BCUT2D eigenvalue weighted by Gasteiger charge is -2.49. The molecule has 25 heteroatoms. The minimum absolute atomic E-state index is 0.0505. The topological polar surface area (TPSA) is 407 Å². The molecule has 4 amide bonds. The Morgan fingerprint density at radius 1 is 0.767 bits per heavy atom. The van der Waals surface area contributed by atoms with Crippen molar-refractivity contribution in [2.24, 2.45) is 11.5 Å². The van der Waals surface area contributed by atoms with Crippen LogP contribution in [0.25, 0.3) is 0 Å². The molecule has 2 heterocycles. The molecule has 2 fully saturated rings. The minimum Gasteiger partial charge on any atom is -0.480 e. The highest BCUT2D eigenvalue weighted by molar-refractivity contribution is 5.91. The number of carbonyl (C=O) groups excluding carboxylic acids is 4. The molecule has 0 saturated carbocycles. The van der Waals surface area contributed by atoms with E-state index in [1.165, 1.54) is 20.8 Å². The van der Waals surface area contributed by atoms with Gasteiger partial charge in [0.15, 0.2) is 12.6 Å². The van der Waals surface area contributed by atoms with Gasteiger partial charge in [-0.3, -0.25) is 24.0 Å². The smallest absolute Gasteiger partial charge is 0.326 e. The van der Waals surface area contributed by atoms with E-state index < -0.39 is 159 Å². The molecule has 2 aliphatic heterocycles. The first kappa shape index (κ1) is 52.0. The number of ether oxygens (including phenoxy) is 5. The Balaban J connectivity index is 2.20. The second-order valence-electron chi connectivity index (χ2n) is 14.5. The third kappa shape index (κ3) is 15.4. The van der Waals surface area contributed by atoms with E-state index in [-0.39, 0.29) is 25.9 Å². The van der Waals surface area contributed by atoms with Gasteiger partial charge in [-0.15, -0.1) is 0 Å². The molecule has 0 aromatic heterocycles. The van der Waals surface area contributed by atoms with Gasteiger partial charge in [-0.25, -0.2) is 9.59 Å². The first-order chi connectivity index (χ1) is 28.2. The van der Waals surface area contributed by atoms with Crippen molar-refractivity contribution >= 4 is 41.5 Å². The van der Waals surface area contributed by atoms with Crippen LogP contribution in [0.5, 0.6) is 0 Å². The Bertz CT molecular complexity index is 1460. The molecule has 0 aliphatic carbocycles. The zero-order valence-electron chi connectivity index (χ0n) is 33.7. The predicted octanol–water partition coefficient (Wildman–Crippen LogP) is -5.43. The molecule has 15 atom stereocenters. The van der Waals surface area contributed by atoms with Gasteiger partial charge in [-0.1, -0.05) is 6.92 Å². The monoisotopic (exact) mass is 868 g/mol. The van der Waals surface area contributed by atoms with Crippen molar-refractivity contribution < 1.29 is 93.0 Å². The lowest BCUT2D eigenvalue weighted by molar-refractivity contribution is -0.336. The zero-order valence-corrected chi connectivity index (χ0v) is 33.7. The highest BCUT2D eigenvalue weighted by Crippen LogP contribution is 2.31. The van der Waals surface area contributed by atoms with Gasteiger partial charge in [-0.05, 0) is 46.0 Å². The summed E-state index contributed by atoms with van der Waals surface area (Å²) in [6.07, 6.45) is -13.8. The van der Waals surface area contributed by atoms with Crippen molar-refractivity contribution in [3.8, 4) is 0 Å². The van der Waals surface area contributed by atoms with E-state index in [2.05, 4.69) is 21.3 Å². The van der Waals surface area contributed by atoms with Gasteiger partial charge in [0.1, 0.15) is 72.9 Å². The maximum absolute atomic E-state index is 13.5. The van der Waals surface area contributed by atoms with Crippen LogP contribution in [0.15, 0.2) is 0 Å². The number of rotatable bonds is 25. The molecule has 0 bridgehead atoms. The highest BCUT2D eigenvalue weighted by Gasteiger charge is 2.52. The number of carboxylic acids is 3. The Kier molecular flexibility index (Phi) is 21.6. The van der Waals surface area contributed by atoms with Crippen LogP contribution in [0.3, 0.4) is 0 Å². The molecule has 0 spiro atoms. The molecule has 0 aromatic rings. The minimum atomic E-state index is -1.67. The predicted molar refractivity (Wildman–Crippen MR) is 200 cm³/mol. The van der Waals surface area contributed by atoms with E-state index in [1.807, 2.05) is 0 Å². The van der Waals surface area contributed by atoms with Crippen molar-refractivity contribution in [1.82, 2.24) is 21.3 Å². The molecule has 60 heavy (non-hydrogen) atoms. The maximum atomic E-state index is 13.5. The van der Waals surface area contributed by atoms with Gasteiger partial charge < -0.3 is 92.2 Å². The van der Waals surface area contributed by atoms with Crippen LogP contribution in [0, 0.1) is 0 Å². The molecule has 2 rings (SSSR count). The van der Waals surface area contributed by atoms with E-state index in [0.717, 1.165) is 0 Å². The van der Waals surface area contributed by atoms with Crippen LogP contribution in [0.2, 0.25) is 0 Å². The Morgan fingerprint density at radius 2 is 1.37 bits per heavy atom. The third-order valence-corrected chi connectivity index (χ3v) is 9.62. The molecule has 25 nitrogen and oxygen atoms in total. The number of carboxylic acid groups (broad SMARTS) is 3. The molecule has 15 N–H and O–H groups in total. The fraction of sp³-hybridized carbons (Fsp3) is 0.800. The first-order valence-electron chi connectivity index (χ1n) is 19.3. The molecular formula is C35H60N6O19. The number of amides is 4. The molecular weight excluding hydrogens is 808 g/mol. The summed E-state index contributed by atoms with van der Waals surface area (Å²) in [6, 6.07) is -8.38. The van der Waals surface area contributed by atoms with Crippen molar-refractivity contribution in [1.29, 1.82) is 0 Å². The average molecular weight is 869 g/mol. The Morgan fingerprint density at radius 3 is 1.92 bits per heavy atom. The molecule has 344 valence electrons. The summed E-state index contributed by atoms with van der Waals surface area (Å²) < 4.78 is 29.5. The van der Waals surface area contributed by atoms with Gasteiger partial charge in [0.05, 0.1) is 19.3 Å². The van der Waals surface area contributed by atoms with Crippen LogP contribution in [0.1, 0.15) is 66.2 Å². The molecule has 2 aliphatic rings. The van der Waals surface area contributed by atoms with Crippen LogP contribution in [-0.2, 0) is 57.2 Å². The number of carbonyl (C=O) groups is 7. The summed E-state index contributed by atoms with van der Waals surface area (Å²) in [7, 11) is 0. The SMILES string of the molecule is CCCO[C@H]1O[C@H](CO)[C@@H](O[C@@H]2O[C@H](CO)[C@@H](O)[C@H](O)[C@H]2N)[C@H](O[C@H](C)C(=O)N[C@@H](C)C(=O)N[C@H](CCC(=O)N[C@@H](CCC[C@@H](N)C(=O)O)C(=O)O)C(=O)O)[C@H]1NC(C)=O. The number of nitrogens with two attached hydrogens (primary N) is 2. The first-order valence-corrected chi connectivity index (χ1v) is 19.3. The molecule has 2 saturated heterocycles. The van der Waals surface area contributed by atoms with E-state index in [1.54, 1.807) is 6.92 Å². The Labute approximate surface area is 344 Å². The number of aliphatic carboxylic acids is 3. The van der Waals surface area contributed by atoms with Crippen molar-refractivity contribution in [2.45, 2.75) is 158 Å². The van der Waals surface area contributed by atoms with E-state index in [9.17, 15) is 64.2 Å².